The van der Waals surface area contributed by atoms with Crippen molar-refractivity contribution in [2.45, 2.75) is 19.4 Å². The van der Waals surface area contributed by atoms with Gasteiger partial charge in [-0.1, -0.05) is 42.5 Å². The lowest BCUT2D eigenvalue weighted by atomic mass is 9.98. The summed E-state index contributed by atoms with van der Waals surface area (Å²) in [6.45, 7) is 2.23. The maximum absolute atomic E-state index is 12.8. The molecular formula is C19H21NO4S. The molecule has 1 atom stereocenters. The summed E-state index contributed by atoms with van der Waals surface area (Å²) >= 11 is 4.06. The number of aliphatic carboxylic acids is 1. The fraction of sp³-hybridized carbons (Fsp3) is 0.263. The van der Waals surface area contributed by atoms with Gasteiger partial charge in [0.1, 0.15) is 11.8 Å². The Balaban J connectivity index is 2.46. The zero-order valence-corrected chi connectivity index (χ0v) is 14.8. The standard InChI is InChI=1S/C19H21NO4S/c1-2-24-16-10-6-9-14(13-7-4-3-5-8-13)17(16)18(21)20-15(11-12-25)19(22)23/h3-10,15,25H,2,11-12H2,1H3,(H,20,21)(H,22,23)/t15-/m0/s1. The Labute approximate surface area is 152 Å². The van der Waals surface area contributed by atoms with Crippen LogP contribution in [-0.4, -0.2) is 35.4 Å². The van der Waals surface area contributed by atoms with Gasteiger partial charge in [-0.3, -0.25) is 4.79 Å². The van der Waals surface area contributed by atoms with E-state index in [-0.39, 0.29) is 6.42 Å². The van der Waals surface area contributed by atoms with Crippen molar-refractivity contribution in [1.29, 1.82) is 0 Å². The number of hydrogen-bond donors (Lipinski definition) is 3. The number of thiol groups is 1. The van der Waals surface area contributed by atoms with Crippen molar-refractivity contribution in [3.05, 3.63) is 54.1 Å². The lowest BCUT2D eigenvalue weighted by Gasteiger charge is -2.18. The fourth-order valence-corrected chi connectivity index (χ4v) is 2.77. The molecule has 132 valence electrons. The van der Waals surface area contributed by atoms with E-state index in [0.29, 0.717) is 29.2 Å². The molecule has 6 heteroatoms. The van der Waals surface area contributed by atoms with Gasteiger partial charge in [0.05, 0.1) is 12.2 Å². The highest BCUT2D eigenvalue weighted by molar-refractivity contribution is 7.80. The summed E-state index contributed by atoms with van der Waals surface area (Å²) in [6.07, 6.45) is 0.238. The summed E-state index contributed by atoms with van der Waals surface area (Å²) in [6, 6.07) is 13.8. The SMILES string of the molecule is CCOc1cccc(-c2ccccc2)c1C(=O)N[C@@H](CCS)C(=O)O. The number of benzene rings is 2. The Bertz CT molecular complexity index is 733. The first-order valence-electron chi connectivity index (χ1n) is 8.04. The van der Waals surface area contributed by atoms with Gasteiger partial charge in [0.15, 0.2) is 0 Å². The van der Waals surface area contributed by atoms with Crippen LogP contribution in [0.1, 0.15) is 23.7 Å². The monoisotopic (exact) mass is 359 g/mol. The van der Waals surface area contributed by atoms with Crippen molar-refractivity contribution in [2.24, 2.45) is 0 Å². The zero-order chi connectivity index (χ0) is 18.2. The summed E-state index contributed by atoms with van der Waals surface area (Å²) in [5.41, 5.74) is 1.88. The molecule has 0 aliphatic carbocycles. The molecule has 0 fully saturated rings. The minimum Gasteiger partial charge on any atom is -0.493 e. The Hall–Kier alpha value is -2.47. The maximum atomic E-state index is 12.8. The first kappa shape index (κ1) is 18.9. The van der Waals surface area contributed by atoms with E-state index >= 15 is 0 Å². The number of rotatable bonds is 8. The molecule has 0 aliphatic rings. The molecule has 0 unspecified atom stereocenters. The second-order valence-corrected chi connectivity index (χ2v) is 5.80. The second-order valence-electron chi connectivity index (χ2n) is 5.35. The van der Waals surface area contributed by atoms with Crippen molar-refractivity contribution >= 4 is 24.5 Å². The third-order valence-corrected chi connectivity index (χ3v) is 3.92. The molecule has 0 spiro atoms. The minimum absolute atomic E-state index is 0.238. The van der Waals surface area contributed by atoms with Crippen LogP contribution < -0.4 is 10.1 Å². The van der Waals surface area contributed by atoms with Crippen molar-refractivity contribution in [3.8, 4) is 16.9 Å². The number of hydrogen-bond acceptors (Lipinski definition) is 4. The average Bonchev–Trinajstić information content (AvgIpc) is 2.62. The van der Waals surface area contributed by atoms with E-state index in [4.69, 9.17) is 4.74 Å². The van der Waals surface area contributed by atoms with Crippen molar-refractivity contribution in [1.82, 2.24) is 5.32 Å². The second kappa shape index (κ2) is 9.13. The lowest BCUT2D eigenvalue weighted by molar-refractivity contribution is -0.139. The van der Waals surface area contributed by atoms with Crippen LogP contribution in [0.5, 0.6) is 5.75 Å². The van der Waals surface area contributed by atoms with Crippen LogP contribution in [0.3, 0.4) is 0 Å². The van der Waals surface area contributed by atoms with Gasteiger partial charge >= 0.3 is 5.97 Å². The number of carboxylic acid groups (broad SMARTS) is 1. The van der Waals surface area contributed by atoms with Crippen molar-refractivity contribution in [2.75, 3.05) is 12.4 Å². The summed E-state index contributed by atoms with van der Waals surface area (Å²) in [5, 5.41) is 11.9. The van der Waals surface area contributed by atoms with E-state index in [2.05, 4.69) is 17.9 Å². The maximum Gasteiger partial charge on any atom is 0.326 e. The first-order chi connectivity index (χ1) is 12.1. The highest BCUT2D eigenvalue weighted by Gasteiger charge is 2.24. The third-order valence-electron chi connectivity index (χ3n) is 3.66. The molecule has 0 saturated carbocycles. The van der Waals surface area contributed by atoms with Crippen LogP contribution in [-0.2, 0) is 4.79 Å². The Morgan fingerprint density at radius 3 is 2.48 bits per heavy atom. The minimum atomic E-state index is -1.09. The molecule has 2 aromatic rings. The third kappa shape index (κ3) is 4.76. The number of amides is 1. The van der Waals surface area contributed by atoms with Crippen LogP contribution in [0, 0.1) is 0 Å². The highest BCUT2D eigenvalue weighted by atomic mass is 32.1. The first-order valence-corrected chi connectivity index (χ1v) is 8.67. The van der Waals surface area contributed by atoms with Crippen LogP contribution in [0.2, 0.25) is 0 Å². The van der Waals surface area contributed by atoms with Crippen LogP contribution >= 0.6 is 12.6 Å². The molecule has 5 nitrogen and oxygen atoms in total. The van der Waals surface area contributed by atoms with Gasteiger partial charge in [0.2, 0.25) is 0 Å². The molecule has 0 heterocycles. The molecule has 0 aromatic heterocycles. The van der Waals surface area contributed by atoms with Crippen LogP contribution in [0.15, 0.2) is 48.5 Å². The number of carboxylic acids is 1. The van der Waals surface area contributed by atoms with Gasteiger partial charge in [-0.2, -0.15) is 12.6 Å². The van der Waals surface area contributed by atoms with Gasteiger partial charge < -0.3 is 15.2 Å². The fourth-order valence-electron chi connectivity index (χ4n) is 2.52. The highest BCUT2D eigenvalue weighted by Crippen LogP contribution is 2.31. The van der Waals surface area contributed by atoms with Crippen molar-refractivity contribution in [3.63, 3.8) is 0 Å². The zero-order valence-electron chi connectivity index (χ0n) is 13.9. The van der Waals surface area contributed by atoms with Gasteiger partial charge in [0.25, 0.3) is 5.91 Å². The van der Waals surface area contributed by atoms with E-state index in [1.165, 1.54) is 0 Å². The molecule has 2 N–H and O–H groups in total. The molecule has 25 heavy (non-hydrogen) atoms. The largest absolute Gasteiger partial charge is 0.493 e. The number of nitrogens with one attached hydrogen (secondary N) is 1. The number of carbonyl (C=O) groups is 2. The van der Waals surface area contributed by atoms with E-state index in [1.54, 1.807) is 6.07 Å². The molecule has 1 amide bonds. The van der Waals surface area contributed by atoms with Crippen molar-refractivity contribution < 1.29 is 19.4 Å². The topological polar surface area (TPSA) is 75.6 Å². The molecule has 0 saturated heterocycles. The van der Waals surface area contributed by atoms with Crippen LogP contribution in [0.4, 0.5) is 0 Å². The lowest BCUT2D eigenvalue weighted by Crippen LogP contribution is -2.41. The van der Waals surface area contributed by atoms with Gasteiger partial charge in [-0.05, 0) is 36.3 Å². The Kier molecular flexibility index (Phi) is 6.89. The molecular weight excluding hydrogens is 338 g/mol. The van der Waals surface area contributed by atoms with E-state index in [1.807, 2.05) is 49.4 Å². The number of ether oxygens (including phenoxy) is 1. The van der Waals surface area contributed by atoms with Crippen LogP contribution in [0.25, 0.3) is 11.1 Å². The van der Waals surface area contributed by atoms with Gasteiger partial charge in [0, 0.05) is 0 Å². The normalized spacial score (nSPS) is 11.6. The van der Waals surface area contributed by atoms with E-state index < -0.39 is 17.9 Å². The summed E-state index contributed by atoms with van der Waals surface area (Å²) < 4.78 is 5.60. The Morgan fingerprint density at radius 2 is 1.88 bits per heavy atom. The van der Waals surface area contributed by atoms with E-state index in [9.17, 15) is 14.7 Å². The molecule has 2 aromatic carbocycles. The Morgan fingerprint density at radius 1 is 1.16 bits per heavy atom. The summed E-state index contributed by atoms with van der Waals surface area (Å²) in [7, 11) is 0. The summed E-state index contributed by atoms with van der Waals surface area (Å²) in [5.74, 6) is -0.776. The van der Waals surface area contributed by atoms with Gasteiger partial charge in [-0.25, -0.2) is 4.79 Å². The smallest absolute Gasteiger partial charge is 0.326 e. The molecule has 0 radical (unpaired) electrons. The molecule has 0 bridgehead atoms. The predicted molar refractivity (Wildman–Crippen MR) is 100 cm³/mol. The molecule has 2 rings (SSSR count). The molecule has 0 aliphatic heterocycles. The van der Waals surface area contributed by atoms with E-state index in [0.717, 1.165) is 5.56 Å². The van der Waals surface area contributed by atoms with Gasteiger partial charge in [-0.15, -0.1) is 0 Å². The average molecular weight is 359 g/mol. The quantitative estimate of drug-likeness (QED) is 0.633. The predicted octanol–water partition coefficient (Wildman–Crippen LogP) is 3.26. The summed E-state index contributed by atoms with van der Waals surface area (Å²) in [4.78, 5) is 24.2. The number of carbonyl (C=O) groups excluding carboxylic acids is 1.